The standard InChI is InChI=1S/C14H15N3O2/c1-7-15-10-6-9-11(5-8(10)12(18)16-7)17(4)13(19)14(9,2)3/h5-6H,1-4H3,(H,15,16,18). The fraction of sp³-hybridized carbons (Fsp3) is 0.357. The van der Waals surface area contributed by atoms with E-state index < -0.39 is 5.41 Å². The SMILES string of the molecule is Cc1nc2cc3c(cc2c(=O)[nH]1)N(C)C(=O)C3(C)C. The van der Waals surface area contributed by atoms with Crippen molar-refractivity contribution in [1.29, 1.82) is 0 Å². The Morgan fingerprint density at radius 1 is 1.26 bits per heavy atom. The van der Waals surface area contributed by atoms with Crippen LogP contribution in [0.4, 0.5) is 5.69 Å². The number of anilines is 1. The summed E-state index contributed by atoms with van der Waals surface area (Å²) in [5.74, 6) is 0.610. The maximum absolute atomic E-state index is 12.2. The van der Waals surface area contributed by atoms with Gasteiger partial charge in [-0.05, 0) is 38.5 Å². The largest absolute Gasteiger partial charge is 0.314 e. The fourth-order valence-corrected chi connectivity index (χ4v) is 2.71. The smallest absolute Gasteiger partial charge is 0.258 e. The maximum Gasteiger partial charge on any atom is 0.258 e. The van der Waals surface area contributed by atoms with E-state index in [9.17, 15) is 9.59 Å². The van der Waals surface area contributed by atoms with Gasteiger partial charge in [-0.1, -0.05) is 0 Å². The van der Waals surface area contributed by atoms with Crippen LogP contribution in [0.25, 0.3) is 10.9 Å². The van der Waals surface area contributed by atoms with Gasteiger partial charge in [0.2, 0.25) is 5.91 Å². The molecule has 1 N–H and O–H groups in total. The summed E-state index contributed by atoms with van der Waals surface area (Å²) >= 11 is 0. The van der Waals surface area contributed by atoms with Gasteiger partial charge >= 0.3 is 0 Å². The van der Waals surface area contributed by atoms with Crippen molar-refractivity contribution in [2.24, 2.45) is 0 Å². The highest BCUT2D eigenvalue weighted by Gasteiger charge is 2.42. The molecule has 98 valence electrons. The number of amides is 1. The first kappa shape index (κ1) is 11.9. The van der Waals surface area contributed by atoms with Crippen molar-refractivity contribution in [2.45, 2.75) is 26.2 Å². The van der Waals surface area contributed by atoms with E-state index in [-0.39, 0.29) is 11.5 Å². The van der Waals surface area contributed by atoms with Crippen LogP contribution in [-0.2, 0) is 10.2 Å². The molecule has 0 saturated heterocycles. The molecule has 0 atom stereocenters. The van der Waals surface area contributed by atoms with Crippen molar-refractivity contribution < 1.29 is 4.79 Å². The number of fused-ring (bicyclic) bond motifs is 2. The van der Waals surface area contributed by atoms with Gasteiger partial charge in [-0.15, -0.1) is 0 Å². The molecule has 1 aromatic heterocycles. The van der Waals surface area contributed by atoms with E-state index in [1.807, 2.05) is 19.9 Å². The zero-order valence-corrected chi connectivity index (χ0v) is 11.4. The predicted octanol–water partition coefficient (Wildman–Crippen LogP) is 1.49. The minimum atomic E-state index is -0.573. The van der Waals surface area contributed by atoms with Crippen molar-refractivity contribution in [3.8, 4) is 0 Å². The number of carbonyl (C=O) groups excluding carboxylic acids is 1. The first-order valence-corrected chi connectivity index (χ1v) is 6.15. The van der Waals surface area contributed by atoms with Crippen molar-refractivity contribution in [3.05, 3.63) is 33.9 Å². The number of benzene rings is 1. The predicted molar refractivity (Wildman–Crippen MR) is 73.5 cm³/mol. The molecule has 5 heteroatoms. The normalized spacial score (nSPS) is 17.1. The molecule has 0 spiro atoms. The molecular weight excluding hydrogens is 242 g/mol. The van der Waals surface area contributed by atoms with E-state index in [0.29, 0.717) is 16.7 Å². The van der Waals surface area contributed by atoms with E-state index in [2.05, 4.69) is 9.97 Å². The molecule has 0 bridgehead atoms. The summed E-state index contributed by atoms with van der Waals surface area (Å²) in [6.45, 7) is 5.53. The quantitative estimate of drug-likeness (QED) is 0.777. The molecular formula is C14H15N3O2. The highest BCUT2D eigenvalue weighted by molar-refractivity contribution is 6.09. The van der Waals surface area contributed by atoms with Crippen LogP contribution < -0.4 is 10.5 Å². The van der Waals surface area contributed by atoms with E-state index >= 15 is 0 Å². The van der Waals surface area contributed by atoms with E-state index in [0.717, 1.165) is 11.3 Å². The third-order valence-electron chi connectivity index (χ3n) is 3.82. The van der Waals surface area contributed by atoms with Crippen LogP contribution in [-0.4, -0.2) is 22.9 Å². The number of aromatic nitrogens is 2. The summed E-state index contributed by atoms with van der Waals surface area (Å²) < 4.78 is 0. The molecule has 0 saturated carbocycles. The Hall–Kier alpha value is -2.17. The lowest BCUT2D eigenvalue weighted by Gasteiger charge is -2.16. The van der Waals surface area contributed by atoms with Gasteiger partial charge in [-0.3, -0.25) is 9.59 Å². The molecule has 2 heterocycles. The van der Waals surface area contributed by atoms with Gasteiger partial charge in [0.1, 0.15) is 5.82 Å². The Morgan fingerprint density at radius 3 is 2.63 bits per heavy atom. The highest BCUT2D eigenvalue weighted by Crippen LogP contribution is 2.41. The summed E-state index contributed by atoms with van der Waals surface area (Å²) in [7, 11) is 1.73. The summed E-state index contributed by atoms with van der Waals surface area (Å²) in [5, 5.41) is 0.515. The van der Waals surface area contributed by atoms with Crippen LogP contribution in [0, 0.1) is 6.92 Å². The lowest BCUT2D eigenvalue weighted by Crippen LogP contribution is -2.33. The van der Waals surface area contributed by atoms with Gasteiger partial charge in [0.25, 0.3) is 5.56 Å². The number of hydrogen-bond acceptors (Lipinski definition) is 3. The first-order valence-electron chi connectivity index (χ1n) is 6.15. The molecule has 0 fully saturated rings. The number of carbonyl (C=O) groups is 1. The molecule has 0 unspecified atom stereocenters. The Bertz CT molecular complexity index is 774. The number of likely N-dealkylation sites (N-methyl/N-ethyl adjacent to an activating group) is 1. The minimum Gasteiger partial charge on any atom is -0.314 e. The molecule has 0 aliphatic carbocycles. The van der Waals surface area contributed by atoms with Gasteiger partial charge in [-0.25, -0.2) is 4.98 Å². The van der Waals surface area contributed by atoms with E-state index in [4.69, 9.17) is 0 Å². The third kappa shape index (κ3) is 1.44. The molecule has 2 aromatic rings. The third-order valence-corrected chi connectivity index (χ3v) is 3.82. The molecule has 19 heavy (non-hydrogen) atoms. The molecule has 1 aromatic carbocycles. The summed E-state index contributed by atoms with van der Waals surface area (Å²) in [6.07, 6.45) is 0. The van der Waals surface area contributed by atoms with Crippen LogP contribution in [0.5, 0.6) is 0 Å². The number of aryl methyl sites for hydroxylation is 1. The number of aromatic amines is 1. The van der Waals surface area contributed by atoms with Crippen LogP contribution >= 0.6 is 0 Å². The lowest BCUT2D eigenvalue weighted by molar-refractivity contribution is -0.121. The maximum atomic E-state index is 12.2. The van der Waals surface area contributed by atoms with Crippen molar-refractivity contribution in [1.82, 2.24) is 9.97 Å². The molecule has 5 nitrogen and oxygen atoms in total. The van der Waals surface area contributed by atoms with Gasteiger partial charge < -0.3 is 9.88 Å². The van der Waals surface area contributed by atoms with Crippen LogP contribution in [0.2, 0.25) is 0 Å². The van der Waals surface area contributed by atoms with Gasteiger partial charge in [0.05, 0.1) is 16.3 Å². The topological polar surface area (TPSA) is 66.1 Å². The van der Waals surface area contributed by atoms with Crippen LogP contribution in [0.15, 0.2) is 16.9 Å². The first-order chi connectivity index (χ1) is 8.82. The van der Waals surface area contributed by atoms with E-state index in [1.165, 1.54) is 0 Å². The number of hydrogen-bond donors (Lipinski definition) is 1. The Balaban J connectivity index is 2.43. The summed E-state index contributed by atoms with van der Waals surface area (Å²) in [6, 6.07) is 3.61. The zero-order valence-electron chi connectivity index (χ0n) is 11.4. The Labute approximate surface area is 110 Å². The van der Waals surface area contributed by atoms with Gasteiger partial charge in [-0.2, -0.15) is 0 Å². The number of nitrogens with zero attached hydrogens (tertiary/aromatic N) is 2. The van der Waals surface area contributed by atoms with E-state index in [1.54, 1.807) is 24.9 Å². The minimum absolute atomic E-state index is 0.0333. The van der Waals surface area contributed by atoms with Crippen LogP contribution in [0.3, 0.4) is 0 Å². The van der Waals surface area contributed by atoms with Crippen molar-refractivity contribution >= 4 is 22.5 Å². The average Bonchev–Trinajstić information content (AvgIpc) is 2.50. The van der Waals surface area contributed by atoms with Gasteiger partial charge in [0, 0.05) is 12.7 Å². The highest BCUT2D eigenvalue weighted by atomic mass is 16.2. The molecule has 3 rings (SSSR count). The Kier molecular flexibility index (Phi) is 2.15. The molecule has 1 amide bonds. The monoisotopic (exact) mass is 257 g/mol. The zero-order chi connectivity index (χ0) is 13.9. The van der Waals surface area contributed by atoms with Crippen molar-refractivity contribution in [3.63, 3.8) is 0 Å². The summed E-state index contributed by atoms with van der Waals surface area (Å²) in [4.78, 5) is 32.8. The molecule has 1 aliphatic rings. The fourth-order valence-electron chi connectivity index (χ4n) is 2.71. The molecule has 0 radical (unpaired) electrons. The second kappa shape index (κ2) is 3.44. The molecule has 1 aliphatic heterocycles. The number of nitrogens with one attached hydrogen (secondary N) is 1. The van der Waals surface area contributed by atoms with Gasteiger partial charge in [0.15, 0.2) is 0 Å². The summed E-state index contributed by atoms with van der Waals surface area (Å²) in [5.41, 5.74) is 1.60. The number of H-pyrrole nitrogens is 1. The van der Waals surface area contributed by atoms with Crippen LogP contribution in [0.1, 0.15) is 25.2 Å². The second-order valence-corrected chi connectivity index (χ2v) is 5.53. The second-order valence-electron chi connectivity index (χ2n) is 5.53. The average molecular weight is 257 g/mol. The lowest BCUT2D eigenvalue weighted by atomic mass is 9.86. The van der Waals surface area contributed by atoms with Crippen molar-refractivity contribution in [2.75, 3.05) is 11.9 Å². The Morgan fingerprint density at radius 2 is 1.95 bits per heavy atom. The number of rotatable bonds is 0.